The molecule has 0 aliphatic carbocycles. The van der Waals surface area contributed by atoms with Gasteiger partial charge >= 0.3 is 0 Å². The monoisotopic (exact) mass is 177 g/mol. The lowest BCUT2D eigenvalue weighted by Crippen LogP contribution is -2.04. The Morgan fingerprint density at radius 2 is 2.31 bits per heavy atom. The molecule has 1 atom stereocenters. The predicted octanol–water partition coefficient (Wildman–Crippen LogP) is 1.13. The average Bonchev–Trinajstić information content (AvgIpc) is 2.46. The predicted molar refractivity (Wildman–Crippen MR) is 51.1 cm³/mol. The van der Waals surface area contributed by atoms with Crippen molar-refractivity contribution in [3.8, 4) is 0 Å². The number of nitrogens with zero attached hydrogens (tertiary/aromatic N) is 2. The molecule has 0 fully saturated rings. The van der Waals surface area contributed by atoms with Gasteiger partial charge in [-0.15, -0.1) is 0 Å². The fraction of sp³-hybridized carbons (Fsp3) is 0.222. The Bertz CT molecular complexity index is 433. The minimum absolute atomic E-state index is 0.610. The van der Waals surface area contributed by atoms with E-state index in [0.717, 1.165) is 10.9 Å². The molecule has 0 aliphatic rings. The highest BCUT2D eigenvalue weighted by Crippen LogP contribution is 2.18. The van der Waals surface area contributed by atoms with Crippen LogP contribution in [0, 0.1) is 0 Å². The second-order valence-corrected chi connectivity index (χ2v) is 3.04. The molecule has 3 N–H and O–H groups in total. The van der Waals surface area contributed by atoms with Gasteiger partial charge in [-0.1, -0.05) is 0 Å². The van der Waals surface area contributed by atoms with E-state index < -0.39 is 6.23 Å². The molecule has 0 bridgehead atoms. The van der Waals surface area contributed by atoms with Crippen molar-refractivity contribution < 1.29 is 5.11 Å². The van der Waals surface area contributed by atoms with Gasteiger partial charge in [0.25, 0.3) is 0 Å². The summed E-state index contributed by atoms with van der Waals surface area (Å²) in [5, 5.41) is 14.3. The van der Waals surface area contributed by atoms with Gasteiger partial charge in [-0.25, -0.2) is 4.68 Å². The molecule has 4 nitrogen and oxygen atoms in total. The summed E-state index contributed by atoms with van der Waals surface area (Å²) < 4.78 is 1.55. The van der Waals surface area contributed by atoms with Crippen molar-refractivity contribution in [2.24, 2.45) is 0 Å². The van der Waals surface area contributed by atoms with Crippen molar-refractivity contribution in [3.63, 3.8) is 0 Å². The summed E-state index contributed by atoms with van der Waals surface area (Å²) in [6, 6.07) is 5.48. The Hall–Kier alpha value is -1.55. The summed E-state index contributed by atoms with van der Waals surface area (Å²) in [6.07, 6.45) is 1.08. The largest absolute Gasteiger partial charge is 0.399 e. The van der Waals surface area contributed by atoms with Gasteiger partial charge in [0.15, 0.2) is 0 Å². The van der Waals surface area contributed by atoms with Crippen molar-refractivity contribution >= 4 is 16.6 Å². The van der Waals surface area contributed by atoms with Gasteiger partial charge in [0.05, 0.1) is 11.7 Å². The van der Waals surface area contributed by atoms with Crippen LogP contribution in [0.1, 0.15) is 13.2 Å². The third kappa shape index (κ3) is 1.25. The highest BCUT2D eigenvalue weighted by Gasteiger charge is 2.05. The number of aromatic nitrogens is 2. The van der Waals surface area contributed by atoms with E-state index in [1.54, 1.807) is 23.9 Å². The van der Waals surface area contributed by atoms with Gasteiger partial charge in [-0.05, 0) is 25.1 Å². The molecule has 4 heteroatoms. The standard InChI is InChI=1S/C9H11N3O/c1-6(13)12-9-3-2-8(10)4-7(9)5-11-12/h2-6,13H,10H2,1H3. The maximum Gasteiger partial charge on any atom is 0.144 e. The van der Waals surface area contributed by atoms with E-state index in [0.29, 0.717) is 5.69 Å². The summed E-state index contributed by atoms with van der Waals surface area (Å²) >= 11 is 0. The molecule has 0 amide bonds. The topological polar surface area (TPSA) is 64.1 Å². The number of aliphatic hydroxyl groups is 1. The van der Waals surface area contributed by atoms with Gasteiger partial charge in [-0.2, -0.15) is 5.10 Å². The molecule has 0 aliphatic heterocycles. The SMILES string of the molecule is CC(O)n1ncc2cc(N)ccc21. The molecular weight excluding hydrogens is 166 g/mol. The van der Waals surface area contributed by atoms with Gasteiger partial charge in [0.2, 0.25) is 0 Å². The molecule has 1 aromatic heterocycles. The first-order chi connectivity index (χ1) is 6.18. The minimum Gasteiger partial charge on any atom is -0.399 e. The number of aliphatic hydroxyl groups excluding tert-OH is 1. The van der Waals surface area contributed by atoms with Crippen molar-refractivity contribution in [1.29, 1.82) is 0 Å². The van der Waals surface area contributed by atoms with Crippen LogP contribution in [0.2, 0.25) is 0 Å². The first kappa shape index (κ1) is 8.07. The Morgan fingerprint density at radius 1 is 1.54 bits per heavy atom. The number of hydrogen-bond acceptors (Lipinski definition) is 3. The van der Waals surface area contributed by atoms with Gasteiger partial charge in [-0.3, -0.25) is 0 Å². The summed E-state index contributed by atoms with van der Waals surface area (Å²) in [5.41, 5.74) is 7.21. The Labute approximate surface area is 75.6 Å². The zero-order valence-electron chi connectivity index (χ0n) is 7.31. The second kappa shape index (κ2) is 2.74. The van der Waals surface area contributed by atoms with Crippen LogP contribution in [0.25, 0.3) is 10.9 Å². The van der Waals surface area contributed by atoms with E-state index in [2.05, 4.69) is 5.10 Å². The number of nitrogen functional groups attached to an aromatic ring is 1. The van der Waals surface area contributed by atoms with Crippen LogP contribution in [-0.2, 0) is 0 Å². The van der Waals surface area contributed by atoms with Crippen molar-refractivity contribution in [3.05, 3.63) is 24.4 Å². The Morgan fingerprint density at radius 3 is 3.00 bits per heavy atom. The molecule has 1 unspecified atom stereocenters. The van der Waals surface area contributed by atoms with E-state index in [-0.39, 0.29) is 0 Å². The lowest BCUT2D eigenvalue weighted by atomic mass is 10.2. The molecule has 1 heterocycles. The molecule has 13 heavy (non-hydrogen) atoms. The van der Waals surface area contributed by atoms with Gasteiger partial charge in [0, 0.05) is 11.1 Å². The van der Waals surface area contributed by atoms with E-state index in [9.17, 15) is 5.11 Å². The van der Waals surface area contributed by atoms with E-state index in [1.165, 1.54) is 0 Å². The van der Waals surface area contributed by atoms with Crippen LogP contribution >= 0.6 is 0 Å². The van der Waals surface area contributed by atoms with Crippen LogP contribution < -0.4 is 5.73 Å². The van der Waals surface area contributed by atoms with Crippen molar-refractivity contribution in [2.45, 2.75) is 13.2 Å². The summed E-state index contributed by atoms with van der Waals surface area (Å²) in [4.78, 5) is 0. The minimum atomic E-state index is -0.610. The summed E-state index contributed by atoms with van der Waals surface area (Å²) in [7, 11) is 0. The Balaban J connectivity index is 2.69. The number of fused-ring (bicyclic) bond motifs is 1. The average molecular weight is 177 g/mol. The third-order valence-corrected chi connectivity index (χ3v) is 1.97. The van der Waals surface area contributed by atoms with Crippen LogP contribution in [-0.4, -0.2) is 14.9 Å². The normalized spacial score (nSPS) is 13.4. The number of nitrogens with two attached hydrogens (primary N) is 1. The lowest BCUT2D eigenvalue weighted by molar-refractivity contribution is 0.115. The van der Waals surface area contributed by atoms with Crippen LogP contribution in [0.15, 0.2) is 24.4 Å². The molecule has 0 radical (unpaired) electrons. The summed E-state index contributed by atoms with van der Waals surface area (Å²) in [6.45, 7) is 1.67. The zero-order valence-corrected chi connectivity index (χ0v) is 7.31. The first-order valence-electron chi connectivity index (χ1n) is 4.09. The molecule has 1 aromatic carbocycles. The maximum absolute atomic E-state index is 9.35. The van der Waals surface area contributed by atoms with Gasteiger partial charge < -0.3 is 10.8 Å². The zero-order chi connectivity index (χ0) is 9.42. The van der Waals surface area contributed by atoms with Gasteiger partial charge in [0.1, 0.15) is 6.23 Å². The smallest absolute Gasteiger partial charge is 0.144 e. The first-order valence-corrected chi connectivity index (χ1v) is 4.09. The van der Waals surface area contributed by atoms with Crippen LogP contribution in [0.5, 0.6) is 0 Å². The fourth-order valence-electron chi connectivity index (χ4n) is 1.37. The van der Waals surface area contributed by atoms with Crippen LogP contribution in [0.4, 0.5) is 5.69 Å². The maximum atomic E-state index is 9.35. The lowest BCUT2D eigenvalue weighted by Gasteiger charge is -2.05. The number of rotatable bonds is 1. The van der Waals surface area contributed by atoms with Crippen molar-refractivity contribution in [1.82, 2.24) is 9.78 Å². The number of hydrogen-bond donors (Lipinski definition) is 2. The highest BCUT2D eigenvalue weighted by atomic mass is 16.3. The van der Waals surface area contributed by atoms with Crippen molar-refractivity contribution in [2.75, 3.05) is 5.73 Å². The Kier molecular flexibility index (Phi) is 1.70. The molecule has 0 spiro atoms. The fourth-order valence-corrected chi connectivity index (χ4v) is 1.37. The summed E-state index contributed by atoms with van der Waals surface area (Å²) in [5.74, 6) is 0. The molecule has 0 saturated carbocycles. The molecule has 2 rings (SSSR count). The molecule has 0 saturated heterocycles. The molecular formula is C9H11N3O. The highest BCUT2D eigenvalue weighted by molar-refractivity contribution is 5.81. The number of benzene rings is 1. The van der Waals surface area contributed by atoms with E-state index in [1.807, 2.05) is 12.1 Å². The van der Waals surface area contributed by atoms with E-state index in [4.69, 9.17) is 5.73 Å². The quantitative estimate of drug-likeness (QED) is 0.642. The third-order valence-electron chi connectivity index (χ3n) is 1.97. The number of anilines is 1. The van der Waals surface area contributed by atoms with E-state index >= 15 is 0 Å². The molecule has 2 aromatic rings. The van der Waals surface area contributed by atoms with Crippen LogP contribution in [0.3, 0.4) is 0 Å². The second-order valence-electron chi connectivity index (χ2n) is 3.04. The molecule has 68 valence electrons.